The first-order chi connectivity index (χ1) is 4.83. The molecule has 0 aromatic carbocycles. The van der Waals surface area contributed by atoms with Crippen LogP contribution >= 0.6 is 0 Å². The molecule has 3 heteroatoms. The Kier molecular flexibility index (Phi) is 2.35. The second-order valence-electron chi connectivity index (χ2n) is 2.68. The lowest BCUT2D eigenvalue weighted by molar-refractivity contribution is 0.587. The zero-order valence-electron chi connectivity index (χ0n) is 6.12. The highest BCUT2D eigenvalue weighted by Gasteiger charge is 2.09. The number of hydrogen-bond acceptors (Lipinski definition) is 1. The van der Waals surface area contributed by atoms with Crippen molar-refractivity contribution >= 4 is 0 Å². The van der Waals surface area contributed by atoms with Gasteiger partial charge in [-0.2, -0.15) is 0 Å². The molecule has 0 fully saturated rings. The van der Waals surface area contributed by atoms with Crippen LogP contribution in [0.5, 0.6) is 0 Å². The molecule has 0 aliphatic heterocycles. The first kappa shape index (κ1) is 7.16. The van der Waals surface area contributed by atoms with Gasteiger partial charge in [0, 0.05) is 11.0 Å². The number of nitrogens with zero attached hydrogens (tertiary/aromatic N) is 3. The summed E-state index contributed by atoms with van der Waals surface area (Å²) in [7, 11) is 0. The highest BCUT2D eigenvalue weighted by molar-refractivity contribution is 5.04. The summed E-state index contributed by atoms with van der Waals surface area (Å²) >= 11 is 0. The van der Waals surface area contributed by atoms with Crippen LogP contribution in [0.15, 0.2) is 16.8 Å². The maximum Gasteiger partial charge on any atom is 0.0411 e. The van der Waals surface area contributed by atoms with E-state index in [0.29, 0.717) is 0 Å². The smallest absolute Gasteiger partial charge is 0.0411 e. The molecule has 1 aliphatic carbocycles. The molecule has 0 saturated heterocycles. The number of allylic oxidation sites excluding steroid dienone is 1. The van der Waals surface area contributed by atoms with Crippen molar-refractivity contribution in [1.29, 1.82) is 0 Å². The summed E-state index contributed by atoms with van der Waals surface area (Å²) in [5.41, 5.74) is 9.54. The van der Waals surface area contributed by atoms with Gasteiger partial charge in [0.15, 0.2) is 0 Å². The van der Waals surface area contributed by atoms with Gasteiger partial charge in [0.05, 0.1) is 0 Å². The van der Waals surface area contributed by atoms with Crippen LogP contribution in [0.3, 0.4) is 0 Å². The van der Waals surface area contributed by atoms with E-state index < -0.39 is 0 Å². The molecule has 0 bridgehead atoms. The van der Waals surface area contributed by atoms with Crippen LogP contribution in [-0.4, -0.2) is 6.04 Å². The molecule has 1 aliphatic rings. The fraction of sp³-hybridized carbons (Fsp3) is 0.714. The monoisotopic (exact) mass is 137 g/mol. The largest absolute Gasteiger partial charge is 0.0903 e. The summed E-state index contributed by atoms with van der Waals surface area (Å²) in [6.45, 7) is 2.12. The van der Waals surface area contributed by atoms with E-state index in [4.69, 9.17) is 5.53 Å². The van der Waals surface area contributed by atoms with Gasteiger partial charge < -0.3 is 0 Å². The molecular formula is C7H11N3. The number of azide groups is 1. The van der Waals surface area contributed by atoms with E-state index >= 15 is 0 Å². The fourth-order valence-corrected chi connectivity index (χ4v) is 1.13. The van der Waals surface area contributed by atoms with E-state index in [9.17, 15) is 0 Å². The van der Waals surface area contributed by atoms with Gasteiger partial charge in [0.25, 0.3) is 0 Å². The van der Waals surface area contributed by atoms with Crippen LogP contribution < -0.4 is 0 Å². The van der Waals surface area contributed by atoms with Crippen LogP contribution in [0.25, 0.3) is 10.4 Å². The molecule has 0 N–H and O–H groups in total. The van der Waals surface area contributed by atoms with Crippen LogP contribution in [0, 0.1) is 0 Å². The Hall–Kier alpha value is -0.950. The van der Waals surface area contributed by atoms with E-state index in [1.807, 2.05) is 0 Å². The molecule has 0 heterocycles. The molecule has 1 atom stereocenters. The van der Waals surface area contributed by atoms with Crippen LogP contribution in [0.1, 0.15) is 26.2 Å². The van der Waals surface area contributed by atoms with Crippen LogP contribution in [-0.2, 0) is 0 Å². The topological polar surface area (TPSA) is 48.8 Å². The van der Waals surface area contributed by atoms with Crippen molar-refractivity contribution in [2.24, 2.45) is 5.11 Å². The lowest BCUT2D eigenvalue weighted by atomic mass is 9.97. The predicted molar refractivity (Wildman–Crippen MR) is 40.5 cm³/mol. The molecule has 0 saturated carbocycles. The van der Waals surface area contributed by atoms with Gasteiger partial charge in [0.2, 0.25) is 0 Å². The minimum Gasteiger partial charge on any atom is -0.0903 e. The summed E-state index contributed by atoms with van der Waals surface area (Å²) in [6.07, 6.45) is 5.19. The van der Waals surface area contributed by atoms with Gasteiger partial charge in [0.1, 0.15) is 0 Å². The first-order valence-electron chi connectivity index (χ1n) is 3.53. The maximum absolute atomic E-state index is 8.12. The third kappa shape index (κ3) is 1.78. The van der Waals surface area contributed by atoms with Gasteiger partial charge in [-0.05, 0) is 31.7 Å². The molecule has 0 spiro atoms. The quantitative estimate of drug-likeness (QED) is 0.231. The van der Waals surface area contributed by atoms with Crippen molar-refractivity contribution in [2.45, 2.75) is 32.2 Å². The fourth-order valence-electron chi connectivity index (χ4n) is 1.13. The molecule has 0 unspecified atom stereocenters. The summed E-state index contributed by atoms with van der Waals surface area (Å²) in [5, 5.41) is 3.65. The summed E-state index contributed by atoms with van der Waals surface area (Å²) in [4.78, 5) is 2.78. The molecule has 0 aromatic rings. The number of rotatable bonds is 1. The zero-order chi connectivity index (χ0) is 7.40. The average molecular weight is 137 g/mol. The Morgan fingerprint density at radius 3 is 3.10 bits per heavy atom. The first-order valence-corrected chi connectivity index (χ1v) is 3.53. The lowest BCUT2D eigenvalue weighted by Gasteiger charge is -2.14. The zero-order valence-corrected chi connectivity index (χ0v) is 6.12. The van der Waals surface area contributed by atoms with Gasteiger partial charge in [-0.1, -0.05) is 16.8 Å². The van der Waals surface area contributed by atoms with Crippen molar-refractivity contribution in [2.75, 3.05) is 0 Å². The highest BCUT2D eigenvalue weighted by atomic mass is 15.1. The predicted octanol–water partition coefficient (Wildman–Crippen LogP) is 2.80. The van der Waals surface area contributed by atoms with Gasteiger partial charge >= 0.3 is 0 Å². The molecular weight excluding hydrogens is 126 g/mol. The molecule has 0 radical (unpaired) electrons. The molecule has 0 amide bonds. The maximum atomic E-state index is 8.12. The third-order valence-electron chi connectivity index (χ3n) is 1.83. The van der Waals surface area contributed by atoms with Crippen molar-refractivity contribution in [3.05, 3.63) is 22.1 Å². The van der Waals surface area contributed by atoms with Crippen molar-refractivity contribution in [3.63, 3.8) is 0 Å². The molecule has 10 heavy (non-hydrogen) atoms. The van der Waals surface area contributed by atoms with Crippen molar-refractivity contribution in [1.82, 2.24) is 0 Å². The van der Waals surface area contributed by atoms with Crippen LogP contribution in [0.2, 0.25) is 0 Å². The third-order valence-corrected chi connectivity index (χ3v) is 1.83. The summed E-state index contributed by atoms with van der Waals surface area (Å²) in [5.74, 6) is 0. The minimum absolute atomic E-state index is 0.216. The van der Waals surface area contributed by atoms with E-state index in [2.05, 4.69) is 23.0 Å². The molecule has 0 aromatic heterocycles. The van der Waals surface area contributed by atoms with Crippen molar-refractivity contribution < 1.29 is 0 Å². The lowest BCUT2D eigenvalue weighted by Crippen LogP contribution is -2.06. The van der Waals surface area contributed by atoms with E-state index in [1.54, 1.807) is 0 Å². The van der Waals surface area contributed by atoms with Gasteiger partial charge in [-0.25, -0.2) is 0 Å². The molecule has 3 nitrogen and oxygen atoms in total. The molecule has 54 valence electrons. The molecule has 1 rings (SSSR count). The summed E-state index contributed by atoms with van der Waals surface area (Å²) in [6, 6.07) is 0.216. The van der Waals surface area contributed by atoms with Crippen LogP contribution in [0.4, 0.5) is 0 Å². The van der Waals surface area contributed by atoms with Crippen molar-refractivity contribution in [3.8, 4) is 0 Å². The normalized spacial score (nSPS) is 24.9. The standard InChI is InChI=1S/C7H11N3/c1-6-2-4-7(5-3-6)9-10-8/h2,7H,3-5H2,1H3/t7-/m0/s1. The van der Waals surface area contributed by atoms with E-state index in [0.717, 1.165) is 19.3 Å². The van der Waals surface area contributed by atoms with Gasteiger partial charge in [-0.15, -0.1) is 0 Å². The Morgan fingerprint density at radius 2 is 2.60 bits per heavy atom. The Balaban J connectivity index is 2.49. The Bertz CT molecular complexity index is 189. The minimum atomic E-state index is 0.216. The van der Waals surface area contributed by atoms with Gasteiger partial charge in [-0.3, -0.25) is 0 Å². The summed E-state index contributed by atoms with van der Waals surface area (Å²) < 4.78 is 0. The van der Waals surface area contributed by atoms with E-state index in [-0.39, 0.29) is 6.04 Å². The average Bonchev–Trinajstić information content (AvgIpc) is 1.95. The second-order valence-corrected chi connectivity index (χ2v) is 2.68. The number of hydrogen-bond donors (Lipinski definition) is 0. The highest BCUT2D eigenvalue weighted by Crippen LogP contribution is 2.19. The SMILES string of the molecule is CC1=CC[C@H](N=[N+]=[N-])CC1. The Labute approximate surface area is 60.4 Å². The Morgan fingerprint density at radius 1 is 1.80 bits per heavy atom. The second kappa shape index (κ2) is 3.28. The van der Waals surface area contributed by atoms with E-state index in [1.165, 1.54) is 5.57 Å².